The molecule has 0 saturated heterocycles. The van der Waals surface area contributed by atoms with Crippen molar-refractivity contribution < 1.29 is 4.74 Å². The Morgan fingerprint density at radius 2 is 1.90 bits per heavy atom. The topological polar surface area (TPSA) is 21.3 Å². The van der Waals surface area contributed by atoms with Crippen LogP contribution in [0.3, 0.4) is 0 Å². The quantitative estimate of drug-likeness (QED) is 0.720. The van der Waals surface area contributed by atoms with Gasteiger partial charge in [-0.25, -0.2) is 0 Å². The van der Waals surface area contributed by atoms with Crippen LogP contribution < -0.4 is 10.1 Å². The van der Waals surface area contributed by atoms with Gasteiger partial charge in [0.25, 0.3) is 0 Å². The van der Waals surface area contributed by atoms with E-state index in [0.29, 0.717) is 0 Å². The molecule has 0 aliphatic rings. The van der Waals surface area contributed by atoms with E-state index in [-0.39, 0.29) is 5.41 Å². The maximum atomic E-state index is 5.51. The monoisotopic (exact) mass is 289 g/mol. The molecule has 1 aromatic carbocycles. The second-order valence-electron chi connectivity index (χ2n) is 6.91. The molecule has 0 aromatic heterocycles. The largest absolute Gasteiger partial charge is 0.495 e. The summed E-state index contributed by atoms with van der Waals surface area (Å²) in [5, 5.41) is 3.17. The molecule has 0 saturated carbocycles. The van der Waals surface area contributed by atoms with Gasteiger partial charge in [0.05, 0.1) is 12.8 Å². The second-order valence-corrected chi connectivity index (χ2v) is 6.91. The van der Waals surface area contributed by atoms with Crippen LogP contribution in [0.5, 0.6) is 5.75 Å². The predicted molar refractivity (Wildman–Crippen MR) is 94.1 cm³/mol. The highest BCUT2D eigenvalue weighted by molar-refractivity contribution is 5.73. The Kier molecular flexibility index (Phi) is 6.32. The van der Waals surface area contributed by atoms with Crippen molar-refractivity contribution in [3.8, 4) is 5.75 Å². The van der Waals surface area contributed by atoms with E-state index in [9.17, 15) is 0 Å². The van der Waals surface area contributed by atoms with Gasteiger partial charge in [-0.3, -0.25) is 0 Å². The van der Waals surface area contributed by atoms with Gasteiger partial charge in [0.2, 0.25) is 0 Å². The Morgan fingerprint density at radius 3 is 2.38 bits per heavy atom. The summed E-state index contributed by atoms with van der Waals surface area (Å²) < 4.78 is 5.51. The summed E-state index contributed by atoms with van der Waals surface area (Å²) in [6, 6.07) is 6.47. The van der Waals surface area contributed by atoms with E-state index in [1.165, 1.54) is 23.1 Å². The van der Waals surface area contributed by atoms with E-state index >= 15 is 0 Å². The molecule has 0 fully saturated rings. The summed E-state index contributed by atoms with van der Waals surface area (Å²) in [6.45, 7) is 11.4. The molecule has 0 spiro atoms. The smallest absolute Gasteiger partial charge is 0.142 e. The predicted octanol–water partition coefficient (Wildman–Crippen LogP) is 5.75. The number of ether oxygens (including phenoxy) is 1. The van der Waals surface area contributed by atoms with Crippen molar-refractivity contribution in [1.82, 2.24) is 0 Å². The Hall–Kier alpha value is -1.44. The van der Waals surface area contributed by atoms with Crippen molar-refractivity contribution in [2.75, 3.05) is 19.5 Å². The van der Waals surface area contributed by atoms with Gasteiger partial charge in [-0.05, 0) is 48.4 Å². The third-order valence-corrected chi connectivity index (χ3v) is 3.67. The Labute approximate surface area is 130 Å². The first-order valence-corrected chi connectivity index (χ1v) is 7.87. The number of hydrogen-bond donors (Lipinski definition) is 1. The van der Waals surface area contributed by atoms with Crippen LogP contribution in [0.4, 0.5) is 5.69 Å². The van der Waals surface area contributed by atoms with Gasteiger partial charge in [-0.2, -0.15) is 0 Å². The minimum absolute atomic E-state index is 0.277. The Bertz CT molecular complexity index is 495. The van der Waals surface area contributed by atoms with E-state index in [0.717, 1.165) is 24.3 Å². The van der Waals surface area contributed by atoms with E-state index < -0.39 is 0 Å². The number of methoxy groups -OCH3 is 1. The van der Waals surface area contributed by atoms with E-state index in [2.05, 4.69) is 58.1 Å². The molecule has 1 rings (SSSR count). The fourth-order valence-corrected chi connectivity index (χ4v) is 2.64. The van der Waals surface area contributed by atoms with Crippen molar-refractivity contribution in [3.05, 3.63) is 29.3 Å². The van der Waals surface area contributed by atoms with Crippen LogP contribution in [0.25, 0.3) is 5.57 Å². The van der Waals surface area contributed by atoms with Gasteiger partial charge in [-0.1, -0.05) is 45.8 Å². The van der Waals surface area contributed by atoms with E-state index in [4.69, 9.17) is 4.74 Å². The molecule has 0 aliphatic carbocycles. The average molecular weight is 289 g/mol. The lowest BCUT2D eigenvalue weighted by atomic mass is 9.82. The Morgan fingerprint density at radius 1 is 1.24 bits per heavy atom. The van der Waals surface area contributed by atoms with Gasteiger partial charge in [0.15, 0.2) is 0 Å². The van der Waals surface area contributed by atoms with Gasteiger partial charge >= 0.3 is 0 Å². The van der Waals surface area contributed by atoms with Gasteiger partial charge < -0.3 is 10.1 Å². The SMILES string of the molecule is CCC/C(C)=C(/CC(C)(C)C)c1ccc(NC)c(OC)c1. The summed E-state index contributed by atoms with van der Waals surface area (Å²) in [5.41, 5.74) is 5.55. The molecule has 0 heterocycles. The molecule has 0 bridgehead atoms. The number of benzene rings is 1. The molecule has 1 aromatic rings. The number of anilines is 1. The molecule has 0 amide bonds. The standard InChI is InChI=1S/C19H31NO/c1-8-9-14(2)16(13-19(3,4)5)15-10-11-17(20-6)18(12-15)21-7/h10-12,20H,8-9,13H2,1-7H3/b16-14-. The van der Waals surface area contributed by atoms with Crippen LogP contribution in [-0.2, 0) is 0 Å². The van der Waals surface area contributed by atoms with Crippen molar-refractivity contribution in [2.45, 2.75) is 53.9 Å². The van der Waals surface area contributed by atoms with Crippen LogP contribution in [0.2, 0.25) is 0 Å². The number of nitrogens with one attached hydrogen (secondary N) is 1. The zero-order valence-corrected chi connectivity index (χ0v) is 14.8. The van der Waals surface area contributed by atoms with Crippen molar-refractivity contribution in [1.29, 1.82) is 0 Å². The first-order chi connectivity index (χ1) is 9.82. The van der Waals surface area contributed by atoms with E-state index in [1.807, 2.05) is 7.05 Å². The van der Waals surface area contributed by atoms with E-state index in [1.54, 1.807) is 7.11 Å². The molecule has 0 atom stereocenters. The fourth-order valence-electron chi connectivity index (χ4n) is 2.64. The highest BCUT2D eigenvalue weighted by atomic mass is 16.5. The molecule has 21 heavy (non-hydrogen) atoms. The third kappa shape index (κ3) is 5.11. The summed E-state index contributed by atoms with van der Waals surface area (Å²) in [6.07, 6.45) is 3.42. The number of allylic oxidation sites excluding steroid dienone is 2. The van der Waals surface area contributed by atoms with Gasteiger partial charge in [-0.15, -0.1) is 0 Å². The second kappa shape index (κ2) is 7.53. The zero-order chi connectivity index (χ0) is 16.0. The summed E-state index contributed by atoms with van der Waals surface area (Å²) in [7, 11) is 3.65. The van der Waals surface area contributed by atoms with Gasteiger partial charge in [0.1, 0.15) is 5.75 Å². The van der Waals surface area contributed by atoms with Crippen LogP contribution >= 0.6 is 0 Å². The minimum Gasteiger partial charge on any atom is -0.495 e. The maximum Gasteiger partial charge on any atom is 0.142 e. The first kappa shape index (κ1) is 17.6. The molecule has 1 N–H and O–H groups in total. The van der Waals surface area contributed by atoms with Crippen molar-refractivity contribution >= 4 is 11.3 Å². The lowest BCUT2D eigenvalue weighted by Crippen LogP contribution is -2.07. The molecule has 118 valence electrons. The summed E-state index contributed by atoms with van der Waals surface area (Å²) in [5.74, 6) is 0.908. The molecule has 2 nitrogen and oxygen atoms in total. The van der Waals surface area contributed by atoms with Crippen LogP contribution in [0, 0.1) is 5.41 Å². The molecule has 0 radical (unpaired) electrons. The minimum atomic E-state index is 0.277. The average Bonchev–Trinajstić information content (AvgIpc) is 2.43. The summed E-state index contributed by atoms with van der Waals surface area (Å²) >= 11 is 0. The lowest BCUT2D eigenvalue weighted by Gasteiger charge is -2.23. The normalized spacial score (nSPS) is 12.9. The van der Waals surface area contributed by atoms with Crippen LogP contribution in [0.1, 0.15) is 59.4 Å². The highest BCUT2D eigenvalue weighted by Crippen LogP contribution is 2.37. The summed E-state index contributed by atoms with van der Waals surface area (Å²) in [4.78, 5) is 0. The van der Waals surface area contributed by atoms with Crippen molar-refractivity contribution in [2.24, 2.45) is 5.41 Å². The third-order valence-electron chi connectivity index (χ3n) is 3.67. The highest BCUT2D eigenvalue weighted by Gasteiger charge is 2.17. The van der Waals surface area contributed by atoms with Gasteiger partial charge in [0, 0.05) is 7.05 Å². The van der Waals surface area contributed by atoms with Crippen molar-refractivity contribution in [3.63, 3.8) is 0 Å². The number of rotatable bonds is 6. The van der Waals surface area contributed by atoms with Crippen LogP contribution in [-0.4, -0.2) is 14.2 Å². The molecular weight excluding hydrogens is 258 g/mol. The molecule has 0 aliphatic heterocycles. The van der Waals surface area contributed by atoms with Crippen LogP contribution in [0.15, 0.2) is 23.8 Å². The Balaban J connectivity index is 3.29. The first-order valence-electron chi connectivity index (χ1n) is 7.87. The molecule has 0 unspecified atom stereocenters. The maximum absolute atomic E-state index is 5.51. The number of hydrogen-bond acceptors (Lipinski definition) is 2. The molecular formula is C19H31NO. The molecule has 2 heteroatoms. The fraction of sp³-hybridized carbons (Fsp3) is 0.579. The zero-order valence-electron chi connectivity index (χ0n) is 14.8. The lowest BCUT2D eigenvalue weighted by molar-refractivity contribution is 0.415.